The van der Waals surface area contributed by atoms with Crippen LogP contribution in [-0.2, 0) is 4.74 Å². The maximum Gasteiger partial charge on any atom is 0.410 e. The molecule has 6 heteroatoms. The topological polar surface area (TPSA) is 77.7 Å². The molecule has 6 nitrogen and oxygen atoms in total. The Labute approximate surface area is 266 Å². The van der Waals surface area contributed by atoms with Gasteiger partial charge in [0.15, 0.2) is 0 Å². The second-order valence-electron chi connectivity index (χ2n) is 12.9. The Kier molecular flexibility index (Phi) is 12.4. The molecule has 0 radical (unpaired) electrons. The fraction of sp³-hybridized carbons (Fsp3) is 0.526. The quantitative estimate of drug-likeness (QED) is 0.322. The summed E-state index contributed by atoms with van der Waals surface area (Å²) in [5.74, 6) is 0.979. The van der Waals surface area contributed by atoms with Crippen LogP contribution in [0.2, 0.25) is 0 Å². The van der Waals surface area contributed by atoms with E-state index in [4.69, 9.17) is 15.2 Å². The number of amides is 1. The van der Waals surface area contributed by atoms with E-state index in [0.717, 1.165) is 31.7 Å². The third-order valence-electron chi connectivity index (χ3n) is 8.19. The molecule has 3 fully saturated rings. The molecule has 3 aliphatic rings. The van der Waals surface area contributed by atoms with Gasteiger partial charge in [0.1, 0.15) is 11.4 Å². The predicted molar refractivity (Wildman–Crippen MR) is 183 cm³/mol. The fourth-order valence-corrected chi connectivity index (χ4v) is 5.83. The summed E-state index contributed by atoms with van der Waals surface area (Å²) in [7, 11) is 0. The lowest BCUT2D eigenvalue weighted by Crippen LogP contribution is -2.66. The van der Waals surface area contributed by atoms with E-state index in [0.29, 0.717) is 17.6 Å². The van der Waals surface area contributed by atoms with Crippen molar-refractivity contribution in [2.75, 3.05) is 13.1 Å². The molecule has 1 aliphatic heterocycles. The number of ether oxygens (including phenoxy) is 2. The number of rotatable bonds is 4. The Morgan fingerprint density at radius 2 is 1.50 bits per heavy atom. The number of carbonyl (C=O) groups excluding carboxylic acids is 1. The van der Waals surface area contributed by atoms with Crippen LogP contribution in [0.15, 0.2) is 60.9 Å². The number of likely N-dealkylation sites (tertiary alicyclic amines) is 1. The van der Waals surface area contributed by atoms with Crippen molar-refractivity contribution < 1.29 is 14.3 Å². The van der Waals surface area contributed by atoms with Crippen LogP contribution in [0.5, 0.6) is 5.75 Å². The SMILES string of the molecule is CC.CC.CC(C)(C)OC(=O)N1CC2(CC(N)C2)C1.Cc1cc(-c2ccc(OC3CCC3)cc2)ccc1-c1cnccc1C. The maximum atomic E-state index is 11.6. The number of aromatic nitrogens is 1. The summed E-state index contributed by atoms with van der Waals surface area (Å²) in [6.45, 7) is 19.6. The summed E-state index contributed by atoms with van der Waals surface area (Å²) in [6.07, 6.45) is 9.83. The van der Waals surface area contributed by atoms with Gasteiger partial charge >= 0.3 is 6.09 Å². The van der Waals surface area contributed by atoms with Gasteiger partial charge in [0, 0.05) is 42.5 Å². The lowest BCUT2D eigenvalue weighted by atomic mass is 9.61. The molecule has 240 valence electrons. The predicted octanol–water partition coefficient (Wildman–Crippen LogP) is 9.36. The zero-order valence-electron chi connectivity index (χ0n) is 28.6. The lowest BCUT2D eigenvalue weighted by molar-refractivity contribution is -0.0769. The summed E-state index contributed by atoms with van der Waals surface area (Å²) in [5, 5.41) is 0. The van der Waals surface area contributed by atoms with E-state index >= 15 is 0 Å². The van der Waals surface area contributed by atoms with Crippen molar-refractivity contribution in [3.8, 4) is 28.0 Å². The molecule has 6 rings (SSSR count). The molecule has 2 N–H and O–H groups in total. The van der Waals surface area contributed by atoms with Gasteiger partial charge < -0.3 is 20.1 Å². The minimum atomic E-state index is -0.393. The number of nitrogens with zero attached hydrogens (tertiary/aromatic N) is 2. The van der Waals surface area contributed by atoms with E-state index < -0.39 is 5.60 Å². The highest BCUT2D eigenvalue weighted by atomic mass is 16.6. The molecule has 3 aromatic rings. The van der Waals surface area contributed by atoms with Gasteiger partial charge in [-0.25, -0.2) is 4.79 Å². The Hall–Kier alpha value is -3.38. The van der Waals surface area contributed by atoms with Gasteiger partial charge in [-0.05, 0) is 113 Å². The summed E-state index contributed by atoms with van der Waals surface area (Å²) in [4.78, 5) is 17.7. The van der Waals surface area contributed by atoms with Crippen LogP contribution in [0.1, 0.15) is 91.7 Å². The molecule has 0 bridgehead atoms. The lowest BCUT2D eigenvalue weighted by Gasteiger charge is -2.57. The summed E-state index contributed by atoms with van der Waals surface area (Å²) in [6, 6.07) is 17.5. The summed E-state index contributed by atoms with van der Waals surface area (Å²) >= 11 is 0. The highest BCUT2D eigenvalue weighted by Gasteiger charge is 2.53. The Morgan fingerprint density at radius 3 is 2.00 bits per heavy atom. The Bertz CT molecular complexity index is 1330. The normalized spacial score (nSPS) is 16.7. The molecular formula is C38H55N3O3. The maximum absolute atomic E-state index is 11.6. The fourth-order valence-electron chi connectivity index (χ4n) is 5.83. The molecule has 2 aromatic carbocycles. The molecule has 0 unspecified atom stereocenters. The summed E-state index contributed by atoms with van der Waals surface area (Å²) in [5.41, 5.74) is 13.1. The first kappa shape index (κ1) is 35.1. The van der Waals surface area contributed by atoms with Crippen LogP contribution >= 0.6 is 0 Å². The van der Waals surface area contributed by atoms with Gasteiger partial charge in [-0.15, -0.1) is 0 Å². The van der Waals surface area contributed by atoms with Crippen molar-refractivity contribution in [2.45, 2.75) is 112 Å². The zero-order chi connectivity index (χ0) is 32.5. The van der Waals surface area contributed by atoms with Crippen LogP contribution in [0.25, 0.3) is 22.3 Å². The van der Waals surface area contributed by atoms with Gasteiger partial charge in [-0.1, -0.05) is 58.0 Å². The van der Waals surface area contributed by atoms with Crippen molar-refractivity contribution in [1.29, 1.82) is 0 Å². The molecule has 2 aliphatic carbocycles. The molecule has 0 atom stereocenters. The first-order chi connectivity index (χ1) is 21.0. The van der Waals surface area contributed by atoms with Gasteiger partial charge in [-0.3, -0.25) is 4.98 Å². The summed E-state index contributed by atoms with van der Waals surface area (Å²) < 4.78 is 11.2. The van der Waals surface area contributed by atoms with Gasteiger partial charge in [0.05, 0.1) is 6.10 Å². The average molecular weight is 602 g/mol. The smallest absolute Gasteiger partial charge is 0.410 e. The third-order valence-corrected chi connectivity index (χ3v) is 8.19. The van der Waals surface area contributed by atoms with E-state index in [2.05, 4.69) is 67.4 Å². The number of benzene rings is 2. The molecule has 44 heavy (non-hydrogen) atoms. The molecule has 1 spiro atoms. The minimum Gasteiger partial charge on any atom is -0.490 e. The number of hydrogen-bond donors (Lipinski definition) is 1. The largest absolute Gasteiger partial charge is 0.490 e. The molecular weight excluding hydrogens is 546 g/mol. The average Bonchev–Trinajstić information content (AvgIpc) is 2.94. The van der Waals surface area contributed by atoms with Crippen LogP contribution < -0.4 is 10.5 Å². The standard InChI is InChI=1S/C23H23NO.C11H20N2O2.2C2H6/c1-16-12-13-24-15-23(16)22-11-8-19(14-17(22)2)18-6-9-21(10-7-18)25-20-4-3-5-20;1-10(2,3)15-9(14)13-6-11(7-13)4-8(12)5-11;2*1-2/h6-15,20H,3-5H2,1-2H3;8H,4-7,12H2,1-3H3;2*1-2H3. The van der Waals surface area contributed by atoms with E-state index in [-0.39, 0.29) is 6.09 Å². The number of hydrogen-bond acceptors (Lipinski definition) is 5. The number of carbonyl (C=O) groups is 1. The van der Waals surface area contributed by atoms with Crippen LogP contribution in [0.4, 0.5) is 4.79 Å². The van der Waals surface area contributed by atoms with Crippen molar-refractivity contribution in [1.82, 2.24) is 9.88 Å². The molecule has 2 saturated carbocycles. The van der Waals surface area contributed by atoms with Gasteiger partial charge in [0.2, 0.25) is 0 Å². The van der Waals surface area contributed by atoms with Crippen molar-refractivity contribution >= 4 is 6.09 Å². The van der Waals surface area contributed by atoms with Crippen LogP contribution in [0.3, 0.4) is 0 Å². The van der Waals surface area contributed by atoms with Crippen LogP contribution in [-0.4, -0.2) is 46.8 Å². The number of nitrogens with two attached hydrogens (primary N) is 1. The Balaban J connectivity index is 0.000000238. The third kappa shape index (κ3) is 9.07. The van der Waals surface area contributed by atoms with E-state index in [9.17, 15) is 4.79 Å². The zero-order valence-corrected chi connectivity index (χ0v) is 28.6. The van der Waals surface area contributed by atoms with Crippen LogP contribution in [0, 0.1) is 19.3 Å². The van der Waals surface area contributed by atoms with E-state index in [1.807, 2.05) is 60.9 Å². The second kappa shape index (κ2) is 15.6. The first-order valence-corrected chi connectivity index (χ1v) is 16.5. The van der Waals surface area contributed by atoms with Gasteiger partial charge in [-0.2, -0.15) is 0 Å². The van der Waals surface area contributed by atoms with Crippen molar-refractivity contribution in [2.24, 2.45) is 11.1 Å². The highest BCUT2D eigenvalue weighted by Crippen LogP contribution is 2.47. The molecule has 1 amide bonds. The van der Waals surface area contributed by atoms with Crippen molar-refractivity contribution in [3.05, 3.63) is 72.1 Å². The molecule has 1 saturated heterocycles. The second-order valence-corrected chi connectivity index (χ2v) is 12.9. The number of aryl methyl sites for hydroxylation is 2. The number of pyridine rings is 1. The minimum absolute atomic E-state index is 0.186. The first-order valence-electron chi connectivity index (χ1n) is 16.5. The highest BCUT2D eigenvalue weighted by molar-refractivity contribution is 5.75. The van der Waals surface area contributed by atoms with E-state index in [1.54, 1.807) is 4.90 Å². The monoisotopic (exact) mass is 601 g/mol. The van der Waals surface area contributed by atoms with E-state index in [1.165, 1.54) is 52.6 Å². The molecule has 2 heterocycles. The van der Waals surface area contributed by atoms with Crippen molar-refractivity contribution in [3.63, 3.8) is 0 Å². The Morgan fingerprint density at radius 1 is 0.886 bits per heavy atom. The molecule has 1 aromatic heterocycles. The van der Waals surface area contributed by atoms with Gasteiger partial charge in [0.25, 0.3) is 0 Å².